The number of hydrogen-bond donors (Lipinski definition) is 2. The van der Waals surface area contributed by atoms with E-state index < -0.39 is 0 Å². The van der Waals surface area contributed by atoms with E-state index in [2.05, 4.69) is 28.9 Å². The predicted molar refractivity (Wildman–Crippen MR) is 84.0 cm³/mol. The van der Waals surface area contributed by atoms with Crippen LogP contribution in [0.3, 0.4) is 0 Å². The molecule has 0 amide bonds. The van der Waals surface area contributed by atoms with Gasteiger partial charge in [-0.3, -0.25) is 4.90 Å². The van der Waals surface area contributed by atoms with Crippen LogP contribution in [0.4, 0.5) is 0 Å². The predicted octanol–water partition coefficient (Wildman–Crippen LogP) is 1.21. The van der Waals surface area contributed by atoms with Gasteiger partial charge in [-0.25, -0.2) is 0 Å². The van der Waals surface area contributed by atoms with Crippen LogP contribution < -0.4 is 10.5 Å². The number of benzene rings is 1. The first kappa shape index (κ1) is 15.8. The summed E-state index contributed by atoms with van der Waals surface area (Å²) in [6.45, 7) is 3.67. The van der Waals surface area contributed by atoms with E-state index in [1.165, 1.54) is 5.56 Å². The summed E-state index contributed by atoms with van der Waals surface area (Å²) in [5.74, 6) is 7.21. The van der Waals surface area contributed by atoms with Gasteiger partial charge < -0.3 is 15.6 Å². The van der Waals surface area contributed by atoms with Gasteiger partial charge in [0.05, 0.1) is 19.2 Å². The van der Waals surface area contributed by atoms with E-state index in [0.29, 0.717) is 19.1 Å². The van der Waals surface area contributed by atoms with Crippen LogP contribution in [-0.2, 0) is 6.54 Å². The molecule has 1 fully saturated rings. The first-order valence-electron chi connectivity index (χ1n) is 7.46. The molecule has 1 aliphatic rings. The summed E-state index contributed by atoms with van der Waals surface area (Å²) < 4.78 is 5.33. The van der Waals surface area contributed by atoms with E-state index in [0.717, 1.165) is 43.8 Å². The van der Waals surface area contributed by atoms with Gasteiger partial charge in [0.25, 0.3) is 0 Å². The molecule has 0 aromatic heterocycles. The van der Waals surface area contributed by atoms with Crippen LogP contribution in [0, 0.1) is 17.8 Å². The van der Waals surface area contributed by atoms with Crippen LogP contribution in [0.1, 0.15) is 24.0 Å². The molecule has 0 unspecified atom stereocenters. The number of aliphatic hydroxyl groups excluding tert-OH is 1. The van der Waals surface area contributed by atoms with Crippen molar-refractivity contribution >= 4 is 0 Å². The van der Waals surface area contributed by atoms with Crippen LogP contribution in [0.2, 0.25) is 0 Å². The minimum atomic E-state index is 0.315. The summed E-state index contributed by atoms with van der Waals surface area (Å²) in [4.78, 5) is 2.42. The highest BCUT2D eigenvalue weighted by Gasteiger charge is 2.18. The molecule has 3 N–H and O–H groups in total. The van der Waals surface area contributed by atoms with Crippen molar-refractivity contribution in [1.82, 2.24) is 4.90 Å². The Morgan fingerprint density at radius 3 is 2.76 bits per heavy atom. The minimum Gasteiger partial charge on any atom is -0.495 e. The zero-order valence-electron chi connectivity index (χ0n) is 12.6. The number of methoxy groups -OCH3 is 1. The lowest BCUT2D eigenvalue weighted by Crippen LogP contribution is -2.34. The number of hydrogen-bond acceptors (Lipinski definition) is 4. The fraction of sp³-hybridized carbons (Fsp3) is 0.529. The molecule has 1 aromatic carbocycles. The number of likely N-dealkylation sites (tertiary alicyclic amines) is 1. The first-order valence-corrected chi connectivity index (χ1v) is 7.46. The van der Waals surface area contributed by atoms with Gasteiger partial charge in [0.2, 0.25) is 0 Å². The maximum absolute atomic E-state index is 9.19. The monoisotopic (exact) mass is 288 g/mol. The fourth-order valence-electron chi connectivity index (χ4n) is 2.68. The molecule has 1 aliphatic heterocycles. The van der Waals surface area contributed by atoms with Crippen molar-refractivity contribution in [3.8, 4) is 17.6 Å². The van der Waals surface area contributed by atoms with Gasteiger partial charge >= 0.3 is 0 Å². The van der Waals surface area contributed by atoms with Crippen LogP contribution in [-0.4, -0.2) is 43.4 Å². The maximum Gasteiger partial charge on any atom is 0.134 e. The third-order valence-electron chi connectivity index (χ3n) is 3.96. The van der Waals surface area contributed by atoms with Crippen molar-refractivity contribution in [1.29, 1.82) is 0 Å². The standard InChI is InChI=1S/C17H24N2O2/c1-21-17-5-4-15(11-16(17)3-2-8-18)12-19-9-6-14(13-20)7-10-19/h4-5,11,14,20H,6-10,12-13,18H2,1H3. The molecule has 1 saturated heterocycles. The molecule has 0 aliphatic carbocycles. The van der Waals surface area contributed by atoms with Gasteiger partial charge in [-0.05, 0) is 49.5 Å². The number of ether oxygens (including phenoxy) is 1. The van der Waals surface area contributed by atoms with E-state index >= 15 is 0 Å². The topological polar surface area (TPSA) is 58.7 Å². The Bertz CT molecular complexity index is 511. The molecular formula is C17H24N2O2. The van der Waals surface area contributed by atoms with Gasteiger partial charge in [0.1, 0.15) is 5.75 Å². The van der Waals surface area contributed by atoms with E-state index in [1.54, 1.807) is 7.11 Å². The average Bonchev–Trinajstić information content (AvgIpc) is 2.54. The summed E-state index contributed by atoms with van der Waals surface area (Å²) in [5, 5.41) is 9.19. The smallest absolute Gasteiger partial charge is 0.134 e. The highest BCUT2D eigenvalue weighted by atomic mass is 16.5. The van der Waals surface area contributed by atoms with Crippen molar-refractivity contribution in [3.05, 3.63) is 29.3 Å². The Balaban J connectivity index is 2.03. The third kappa shape index (κ3) is 4.47. The number of rotatable bonds is 4. The van der Waals surface area contributed by atoms with E-state index in [-0.39, 0.29) is 0 Å². The molecule has 1 heterocycles. The highest BCUT2D eigenvalue weighted by molar-refractivity contribution is 5.48. The number of aliphatic hydroxyl groups is 1. The lowest BCUT2D eigenvalue weighted by molar-refractivity contribution is 0.127. The Kier molecular flexibility index (Phi) is 6.06. The number of nitrogens with two attached hydrogens (primary N) is 1. The lowest BCUT2D eigenvalue weighted by Gasteiger charge is -2.31. The number of piperidine rings is 1. The Morgan fingerprint density at radius 1 is 1.38 bits per heavy atom. The van der Waals surface area contributed by atoms with Crippen molar-refractivity contribution < 1.29 is 9.84 Å². The average molecular weight is 288 g/mol. The van der Waals surface area contributed by atoms with Crippen LogP contribution >= 0.6 is 0 Å². The minimum absolute atomic E-state index is 0.315. The van der Waals surface area contributed by atoms with Gasteiger partial charge in [0, 0.05) is 13.2 Å². The quantitative estimate of drug-likeness (QED) is 0.818. The summed E-state index contributed by atoms with van der Waals surface area (Å²) in [7, 11) is 1.66. The van der Waals surface area contributed by atoms with Crippen molar-refractivity contribution in [3.63, 3.8) is 0 Å². The van der Waals surface area contributed by atoms with Crippen molar-refractivity contribution in [2.45, 2.75) is 19.4 Å². The van der Waals surface area contributed by atoms with Crippen molar-refractivity contribution in [2.24, 2.45) is 11.7 Å². The zero-order valence-corrected chi connectivity index (χ0v) is 12.6. The molecule has 4 heteroatoms. The molecule has 0 bridgehead atoms. The van der Waals surface area contributed by atoms with E-state index in [4.69, 9.17) is 10.5 Å². The largest absolute Gasteiger partial charge is 0.495 e. The van der Waals surface area contributed by atoms with Gasteiger partial charge in [-0.1, -0.05) is 17.9 Å². The number of nitrogens with zero attached hydrogens (tertiary/aromatic N) is 1. The molecule has 0 spiro atoms. The highest BCUT2D eigenvalue weighted by Crippen LogP contribution is 2.22. The lowest BCUT2D eigenvalue weighted by atomic mass is 9.97. The van der Waals surface area contributed by atoms with Crippen molar-refractivity contribution in [2.75, 3.05) is 33.4 Å². The zero-order chi connectivity index (χ0) is 15.1. The maximum atomic E-state index is 9.19. The second kappa shape index (κ2) is 8.04. The summed E-state index contributed by atoms with van der Waals surface area (Å²) in [6, 6.07) is 6.14. The van der Waals surface area contributed by atoms with Gasteiger partial charge in [-0.2, -0.15) is 0 Å². The molecular weight excluding hydrogens is 264 g/mol. The molecule has 1 aromatic rings. The summed E-state index contributed by atoms with van der Waals surface area (Å²) in [6.07, 6.45) is 2.15. The molecule has 21 heavy (non-hydrogen) atoms. The van der Waals surface area contributed by atoms with Crippen LogP contribution in [0.15, 0.2) is 18.2 Å². The van der Waals surface area contributed by atoms with Crippen LogP contribution in [0.5, 0.6) is 5.75 Å². The molecule has 0 saturated carbocycles. The molecule has 0 radical (unpaired) electrons. The molecule has 0 atom stereocenters. The van der Waals surface area contributed by atoms with Gasteiger partial charge in [0.15, 0.2) is 0 Å². The summed E-state index contributed by atoms with van der Waals surface area (Å²) >= 11 is 0. The first-order chi connectivity index (χ1) is 10.3. The Hall–Kier alpha value is -1.54. The Labute approximate surface area is 126 Å². The van der Waals surface area contributed by atoms with Gasteiger partial charge in [-0.15, -0.1) is 0 Å². The van der Waals surface area contributed by atoms with E-state index in [1.807, 2.05) is 6.07 Å². The molecule has 2 rings (SSSR count). The second-order valence-electron chi connectivity index (χ2n) is 5.44. The fourth-order valence-corrected chi connectivity index (χ4v) is 2.68. The second-order valence-corrected chi connectivity index (χ2v) is 5.44. The SMILES string of the molecule is COc1ccc(CN2CCC(CO)CC2)cc1C#CCN. The Morgan fingerprint density at radius 2 is 2.14 bits per heavy atom. The summed E-state index contributed by atoms with van der Waals surface area (Å²) in [5.41, 5.74) is 7.57. The van der Waals surface area contributed by atoms with E-state index in [9.17, 15) is 5.11 Å². The van der Waals surface area contributed by atoms with Crippen LogP contribution in [0.25, 0.3) is 0 Å². The molecule has 4 nitrogen and oxygen atoms in total. The third-order valence-corrected chi connectivity index (χ3v) is 3.96. The normalized spacial score (nSPS) is 16.3. The molecule has 114 valence electrons.